The molecule has 2 aromatic carbocycles. The lowest BCUT2D eigenvalue weighted by Gasteiger charge is -2.42. The third-order valence-corrected chi connectivity index (χ3v) is 6.81. The van der Waals surface area contributed by atoms with E-state index in [2.05, 4.69) is 50.8 Å². The van der Waals surface area contributed by atoms with Crippen molar-refractivity contribution in [3.63, 3.8) is 0 Å². The number of hydrogen-bond donors (Lipinski definition) is 0. The Morgan fingerprint density at radius 3 is 2.37 bits per heavy atom. The number of ether oxygens (including phenoxy) is 2. The van der Waals surface area contributed by atoms with Crippen molar-refractivity contribution in [3.05, 3.63) is 64.7 Å². The zero-order valence-corrected chi connectivity index (χ0v) is 18.8. The summed E-state index contributed by atoms with van der Waals surface area (Å²) in [5, 5.41) is 0. The van der Waals surface area contributed by atoms with Crippen LogP contribution in [0.2, 0.25) is 0 Å². The minimum Gasteiger partial charge on any atom is -0.462 e. The highest BCUT2D eigenvalue weighted by molar-refractivity contribution is 5.89. The monoisotopic (exact) mass is 407 g/mol. The number of nitrogens with zero attached hydrogens (tertiary/aromatic N) is 1. The summed E-state index contributed by atoms with van der Waals surface area (Å²) in [6.07, 6.45) is 2.49. The Morgan fingerprint density at radius 2 is 1.70 bits per heavy atom. The van der Waals surface area contributed by atoms with Gasteiger partial charge in [0.1, 0.15) is 12.8 Å². The van der Waals surface area contributed by atoms with Gasteiger partial charge in [-0.3, -0.25) is 0 Å². The largest absolute Gasteiger partial charge is 0.462 e. The predicted molar refractivity (Wildman–Crippen MR) is 120 cm³/mol. The van der Waals surface area contributed by atoms with Crippen LogP contribution in [0.25, 0.3) is 0 Å². The lowest BCUT2D eigenvalue weighted by Crippen LogP contribution is -2.34. The van der Waals surface area contributed by atoms with Gasteiger partial charge in [-0.1, -0.05) is 45.9 Å². The highest BCUT2D eigenvalue weighted by atomic mass is 16.5. The summed E-state index contributed by atoms with van der Waals surface area (Å²) < 4.78 is 11.2. The zero-order valence-electron chi connectivity index (χ0n) is 18.8. The lowest BCUT2D eigenvalue weighted by molar-refractivity contribution is 0.0526. The molecule has 2 aliphatic rings. The summed E-state index contributed by atoms with van der Waals surface area (Å²) in [5.74, 6) is -0.279. The van der Waals surface area contributed by atoms with Gasteiger partial charge in [0.05, 0.1) is 18.7 Å². The number of carbonyl (C=O) groups is 1. The third-order valence-electron chi connectivity index (χ3n) is 6.81. The van der Waals surface area contributed by atoms with Gasteiger partial charge in [0.2, 0.25) is 0 Å². The second-order valence-electron chi connectivity index (χ2n) is 9.85. The van der Waals surface area contributed by atoms with E-state index in [9.17, 15) is 4.79 Å². The van der Waals surface area contributed by atoms with Gasteiger partial charge < -0.3 is 14.4 Å². The Balaban J connectivity index is 1.52. The average Bonchev–Trinajstić information content (AvgIpc) is 3.22. The molecular weight excluding hydrogens is 374 g/mol. The van der Waals surface area contributed by atoms with Crippen molar-refractivity contribution in [2.45, 2.75) is 64.4 Å². The van der Waals surface area contributed by atoms with Crippen LogP contribution in [0.3, 0.4) is 0 Å². The van der Waals surface area contributed by atoms with Gasteiger partial charge in [-0.2, -0.15) is 0 Å². The van der Waals surface area contributed by atoms with E-state index in [1.54, 1.807) is 0 Å². The molecule has 160 valence electrons. The van der Waals surface area contributed by atoms with Crippen LogP contribution in [0.5, 0.6) is 0 Å². The van der Waals surface area contributed by atoms with Crippen LogP contribution in [0, 0.1) is 0 Å². The molecule has 30 heavy (non-hydrogen) atoms. The molecule has 0 bridgehead atoms. The van der Waals surface area contributed by atoms with Crippen molar-refractivity contribution in [1.29, 1.82) is 0 Å². The van der Waals surface area contributed by atoms with Gasteiger partial charge in [-0.05, 0) is 71.6 Å². The van der Waals surface area contributed by atoms with Gasteiger partial charge in [-0.25, -0.2) is 4.79 Å². The maximum absolute atomic E-state index is 11.9. The minimum absolute atomic E-state index is 0.0564. The normalized spacial score (nSPS) is 21.9. The SMILES string of the molecule is CCOC(=O)c1ccc(N2COC(c3ccc4c(c3)C(C)(C)CCC4(C)C)C2)cc1. The van der Waals surface area contributed by atoms with Crippen molar-refractivity contribution in [2.24, 2.45) is 0 Å². The van der Waals surface area contributed by atoms with Gasteiger partial charge in [0.15, 0.2) is 0 Å². The molecule has 0 radical (unpaired) electrons. The number of carbonyl (C=O) groups excluding carboxylic acids is 1. The van der Waals surface area contributed by atoms with Crippen LogP contribution in [0.1, 0.15) is 80.6 Å². The van der Waals surface area contributed by atoms with Crippen molar-refractivity contribution >= 4 is 11.7 Å². The van der Waals surface area contributed by atoms with Crippen LogP contribution in [-0.2, 0) is 20.3 Å². The molecule has 1 fully saturated rings. The molecule has 1 unspecified atom stereocenters. The smallest absolute Gasteiger partial charge is 0.338 e. The van der Waals surface area contributed by atoms with Crippen LogP contribution < -0.4 is 4.90 Å². The van der Waals surface area contributed by atoms with Crippen LogP contribution >= 0.6 is 0 Å². The first-order valence-electron chi connectivity index (χ1n) is 11.0. The predicted octanol–water partition coefficient (Wildman–Crippen LogP) is 5.75. The molecule has 0 spiro atoms. The van der Waals surface area contributed by atoms with E-state index in [1.165, 1.54) is 29.5 Å². The average molecular weight is 408 g/mol. The summed E-state index contributed by atoms with van der Waals surface area (Å²) in [4.78, 5) is 14.1. The molecule has 2 aromatic rings. The standard InChI is InChI=1S/C26H33NO3/c1-6-29-24(28)18-7-10-20(11-8-18)27-16-23(30-17-27)19-9-12-21-22(15-19)26(4,5)14-13-25(21,2)3/h7-12,15,23H,6,13-14,16-17H2,1-5H3. The van der Waals surface area contributed by atoms with E-state index in [-0.39, 0.29) is 22.9 Å². The van der Waals surface area contributed by atoms with Gasteiger partial charge in [0.25, 0.3) is 0 Å². The highest BCUT2D eigenvalue weighted by Gasteiger charge is 2.37. The molecule has 4 rings (SSSR count). The molecule has 1 heterocycles. The first-order chi connectivity index (χ1) is 14.2. The Bertz CT molecular complexity index is 930. The molecule has 0 amide bonds. The van der Waals surface area contributed by atoms with E-state index in [0.717, 1.165) is 12.2 Å². The van der Waals surface area contributed by atoms with Crippen LogP contribution in [-0.4, -0.2) is 25.9 Å². The van der Waals surface area contributed by atoms with E-state index in [1.807, 2.05) is 31.2 Å². The minimum atomic E-state index is -0.279. The quantitative estimate of drug-likeness (QED) is 0.605. The zero-order chi connectivity index (χ0) is 21.5. The summed E-state index contributed by atoms with van der Waals surface area (Å²) >= 11 is 0. The molecule has 4 heteroatoms. The molecule has 1 aliphatic heterocycles. The van der Waals surface area contributed by atoms with Crippen molar-refractivity contribution in [1.82, 2.24) is 0 Å². The Kier molecular flexibility index (Phi) is 5.39. The molecule has 1 aliphatic carbocycles. The molecule has 1 saturated heterocycles. The fraction of sp³-hybridized carbons (Fsp3) is 0.500. The number of fused-ring (bicyclic) bond motifs is 1. The molecule has 1 atom stereocenters. The number of hydrogen-bond acceptors (Lipinski definition) is 4. The van der Waals surface area contributed by atoms with Crippen LogP contribution in [0.4, 0.5) is 5.69 Å². The first kappa shape index (κ1) is 20.9. The molecule has 4 nitrogen and oxygen atoms in total. The molecule has 0 N–H and O–H groups in total. The van der Waals surface area contributed by atoms with Crippen LogP contribution in [0.15, 0.2) is 42.5 Å². The number of anilines is 1. The molecule has 0 saturated carbocycles. The third kappa shape index (κ3) is 3.85. The highest BCUT2D eigenvalue weighted by Crippen LogP contribution is 2.46. The molecule has 0 aromatic heterocycles. The second kappa shape index (κ2) is 7.73. The number of esters is 1. The Hall–Kier alpha value is -2.33. The lowest BCUT2D eigenvalue weighted by atomic mass is 9.63. The number of benzene rings is 2. The molecular formula is C26H33NO3. The van der Waals surface area contributed by atoms with E-state index >= 15 is 0 Å². The number of rotatable bonds is 4. The Morgan fingerprint density at radius 1 is 1.03 bits per heavy atom. The summed E-state index contributed by atoms with van der Waals surface area (Å²) in [6, 6.07) is 14.5. The van der Waals surface area contributed by atoms with Gasteiger partial charge in [0, 0.05) is 5.69 Å². The maximum Gasteiger partial charge on any atom is 0.338 e. The van der Waals surface area contributed by atoms with E-state index < -0.39 is 0 Å². The van der Waals surface area contributed by atoms with Crippen molar-refractivity contribution in [2.75, 3.05) is 24.8 Å². The fourth-order valence-electron chi connectivity index (χ4n) is 4.70. The fourth-order valence-corrected chi connectivity index (χ4v) is 4.70. The first-order valence-corrected chi connectivity index (χ1v) is 11.0. The summed E-state index contributed by atoms with van der Waals surface area (Å²) in [6.45, 7) is 13.0. The Labute approximate surface area is 180 Å². The van der Waals surface area contributed by atoms with E-state index in [0.29, 0.717) is 18.9 Å². The summed E-state index contributed by atoms with van der Waals surface area (Å²) in [7, 11) is 0. The van der Waals surface area contributed by atoms with E-state index in [4.69, 9.17) is 9.47 Å². The second-order valence-corrected chi connectivity index (χ2v) is 9.85. The topological polar surface area (TPSA) is 38.8 Å². The van der Waals surface area contributed by atoms with Crippen molar-refractivity contribution in [3.8, 4) is 0 Å². The van der Waals surface area contributed by atoms with Gasteiger partial charge >= 0.3 is 5.97 Å². The van der Waals surface area contributed by atoms with Crippen molar-refractivity contribution < 1.29 is 14.3 Å². The maximum atomic E-state index is 11.9. The van der Waals surface area contributed by atoms with Gasteiger partial charge in [-0.15, -0.1) is 0 Å². The summed E-state index contributed by atoms with van der Waals surface area (Å²) in [5.41, 5.74) is 6.27.